The number of imidazole rings is 1. The Hall–Kier alpha value is -2.59. The van der Waals surface area contributed by atoms with Crippen molar-refractivity contribution in [3.8, 4) is 16.9 Å². The fraction of sp³-hybridized carbons (Fsp3) is 0.500. The van der Waals surface area contributed by atoms with Gasteiger partial charge in [0.25, 0.3) is 0 Å². The van der Waals surface area contributed by atoms with Crippen molar-refractivity contribution in [3.05, 3.63) is 23.6 Å². The molecule has 1 aromatic carbocycles. The first-order valence-electron chi connectivity index (χ1n) is 10.1. The summed E-state index contributed by atoms with van der Waals surface area (Å²) in [6, 6.07) is 4.03. The average molecular weight is 432 g/mol. The molecule has 0 spiro atoms. The molecule has 5 rings (SSSR count). The van der Waals surface area contributed by atoms with Gasteiger partial charge >= 0.3 is 0 Å². The number of rotatable bonds is 3. The fourth-order valence-electron chi connectivity index (χ4n) is 4.51. The second-order valence-corrected chi connectivity index (χ2v) is 9.91. The smallest absolute Gasteiger partial charge is 0.211 e. The molecule has 9 nitrogen and oxygen atoms in total. The third kappa shape index (κ3) is 3.05. The van der Waals surface area contributed by atoms with E-state index in [1.54, 1.807) is 4.31 Å². The van der Waals surface area contributed by atoms with E-state index in [4.69, 9.17) is 14.2 Å². The van der Waals surface area contributed by atoms with E-state index in [9.17, 15) is 8.42 Å². The van der Waals surface area contributed by atoms with Crippen LogP contribution >= 0.6 is 0 Å². The number of hydrogen-bond acceptors (Lipinski definition) is 7. The van der Waals surface area contributed by atoms with E-state index in [0.29, 0.717) is 32.8 Å². The summed E-state index contributed by atoms with van der Waals surface area (Å²) in [4.78, 5) is 7.10. The second kappa shape index (κ2) is 6.98. The molecular formula is C20H25N5O4S. The van der Waals surface area contributed by atoms with E-state index in [0.717, 1.165) is 58.3 Å². The van der Waals surface area contributed by atoms with E-state index in [2.05, 4.69) is 14.6 Å². The summed E-state index contributed by atoms with van der Waals surface area (Å²) in [7, 11) is -3.18. The van der Waals surface area contributed by atoms with Crippen molar-refractivity contribution in [2.45, 2.75) is 26.8 Å². The predicted octanol–water partition coefficient (Wildman–Crippen LogP) is 2.17. The van der Waals surface area contributed by atoms with Crippen LogP contribution in [0.4, 0.5) is 5.95 Å². The Morgan fingerprint density at radius 2 is 1.90 bits per heavy atom. The molecule has 0 saturated carbocycles. The first-order chi connectivity index (χ1) is 14.3. The molecule has 1 saturated heterocycles. The molecule has 1 fully saturated rings. The quantitative estimate of drug-likeness (QED) is 0.627. The minimum Gasteiger partial charge on any atom is -0.489 e. The normalized spacial score (nSPS) is 17.9. The van der Waals surface area contributed by atoms with Gasteiger partial charge in [0.1, 0.15) is 17.9 Å². The summed E-state index contributed by atoms with van der Waals surface area (Å²) in [5.74, 6) is 2.44. The van der Waals surface area contributed by atoms with Crippen molar-refractivity contribution in [2.75, 3.05) is 43.9 Å². The zero-order valence-electron chi connectivity index (χ0n) is 17.4. The Morgan fingerprint density at radius 1 is 1.07 bits per heavy atom. The highest BCUT2D eigenvalue weighted by Crippen LogP contribution is 2.42. The van der Waals surface area contributed by atoms with Crippen molar-refractivity contribution in [1.82, 2.24) is 19.0 Å². The van der Waals surface area contributed by atoms with Gasteiger partial charge in [0.05, 0.1) is 29.6 Å². The first-order valence-corrected chi connectivity index (χ1v) is 12.0. The van der Waals surface area contributed by atoms with Crippen molar-refractivity contribution < 1.29 is 17.7 Å². The molecule has 2 aromatic heterocycles. The number of aryl methyl sites for hydroxylation is 2. The molecule has 4 heterocycles. The summed E-state index contributed by atoms with van der Waals surface area (Å²) in [6.45, 7) is 7.48. The molecule has 3 aromatic rings. The molecule has 0 unspecified atom stereocenters. The van der Waals surface area contributed by atoms with Gasteiger partial charge in [0.2, 0.25) is 16.0 Å². The van der Waals surface area contributed by atoms with E-state index >= 15 is 0 Å². The number of anilines is 1. The van der Waals surface area contributed by atoms with E-state index in [1.165, 1.54) is 6.26 Å². The van der Waals surface area contributed by atoms with Gasteiger partial charge in [-0.2, -0.15) is 0 Å². The standard InChI is InChI=1S/C20H25N5O4S/c1-13-17(14(2)29-22-13)15-5-6-16-18-19(15)28-12-11-25(18)20(21-16)23-7-4-8-24(10-9-23)30(3,26)27/h5-6H,4,7-12H2,1-3H3. The van der Waals surface area contributed by atoms with Crippen LogP contribution in [0.15, 0.2) is 16.7 Å². The van der Waals surface area contributed by atoms with Gasteiger partial charge in [-0.1, -0.05) is 5.16 Å². The molecule has 0 N–H and O–H groups in total. The van der Waals surface area contributed by atoms with Crippen molar-refractivity contribution in [3.63, 3.8) is 0 Å². The minimum absolute atomic E-state index is 0.468. The highest BCUT2D eigenvalue weighted by Gasteiger charge is 2.29. The lowest BCUT2D eigenvalue weighted by Gasteiger charge is -2.25. The van der Waals surface area contributed by atoms with Crippen LogP contribution in [0.25, 0.3) is 22.2 Å². The number of hydrogen-bond donors (Lipinski definition) is 0. The Bertz CT molecular complexity index is 1210. The zero-order chi connectivity index (χ0) is 21.0. The van der Waals surface area contributed by atoms with Crippen LogP contribution < -0.4 is 9.64 Å². The molecule has 0 aliphatic carbocycles. The second-order valence-electron chi connectivity index (χ2n) is 7.92. The fourth-order valence-corrected chi connectivity index (χ4v) is 5.38. The predicted molar refractivity (Wildman–Crippen MR) is 113 cm³/mol. The Kier molecular flexibility index (Phi) is 4.51. The van der Waals surface area contributed by atoms with Crippen molar-refractivity contribution >= 4 is 27.0 Å². The summed E-state index contributed by atoms with van der Waals surface area (Å²) < 4.78 is 39.2. The van der Waals surface area contributed by atoms with E-state index in [-0.39, 0.29) is 0 Å². The van der Waals surface area contributed by atoms with Crippen LogP contribution in [0.5, 0.6) is 5.75 Å². The number of sulfonamides is 1. The van der Waals surface area contributed by atoms with Gasteiger partial charge in [-0.05, 0) is 32.4 Å². The summed E-state index contributed by atoms with van der Waals surface area (Å²) in [6.07, 6.45) is 2.04. The number of aromatic nitrogens is 3. The summed E-state index contributed by atoms with van der Waals surface area (Å²) in [5, 5.41) is 4.09. The lowest BCUT2D eigenvalue weighted by Crippen LogP contribution is -2.35. The highest BCUT2D eigenvalue weighted by molar-refractivity contribution is 7.88. The van der Waals surface area contributed by atoms with Gasteiger partial charge in [-0.3, -0.25) is 0 Å². The molecule has 160 valence electrons. The van der Waals surface area contributed by atoms with E-state index < -0.39 is 10.0 Å². The molecule has 10 heteroatoms. The van der Waals surface area contributed by atoms with Gasteiger partial charge in [-0.15, -0.1) is 0 Å². The third-order valence-corrected chi connectivity index (χ3v) is 7.22. The van der Waals surface area contributed by atoms with Gasteiger partial charge in [0.15, 0.2) is 5.75 Å². The summed E-state index contributed by atoms with van der Waals surface area (Å²) >= 11 is 0. The maximum absolute atomic E-state index is 12.0. The average Bonchev–Trinajstić information content (AvgIpc) is 3.12. The highest BCUT2D eigenvalue weighted by atomic mass is 32.2. The molecule has 0 radical (unpaired) electrons. The zero-order valence-corrected chi connectivity index (χ0v) is 18.2. The lowest BCUT2D eigenvalue weighted by atomic mass is 10.0. The van der Waals surface area contributed by atoms with Crippen LogP contribution in [0.1, 0.15) is 17.9 Å². The third-order valence-electron chi connectivity index (χ3n) is 5.91. The van der Waals surface area contributed by atoms with Gasteiger partial charge in [0, 0.05) is 31.7 Å². The maximum Gasteiger partial charge on any atom is 0.211 e. The number of ether oxygens (including phenoxy) is 1. The molecule has 30 heavy (non-hydrogen) atoms. The Labute approximate surface area is 175 Å². The van der Waals surface area contributed by atoms with Gasteiger partial charge in [-0.25, -0.2) is 17.7 Å². The molecular weight excluding hydrogens is 406 g/mol. The summed E-state index contributed by atoms with van der Waals surface area (Å²) in [5.41, 5.74) is 4.60. The lowest BCUT2D eigenvalue weighted by molar-refractivity contribution is 0.288. The maximum atomic E-state index is 12.0. The molecule has 0 amide bonds. The Balaban J connectivity index is 1.59. The number of benzene rings is 1. The van der Waals surface area contributed by atoms with E-state index in [1.807, 2.05) is 26.0 Å². The minimum atomic E-state index is -3.18. The van der Waals surface area contributed by atoms with Crippen molar-refractivity contribution in [1.29, 1.82) is 0 Å². The number of nitrogens with zero attached hydrogens (tertiary/aromatic N) is 5. The first kappa shape index (κ1) is 19.4. The van der Waals surface area contributed by atoms with Crippen molar-refractivity contribution in [2.24, 2.45) is 0 Å². The topological polar surface area (TPSA) is 93.7 Å². The van der Waals surface area contributed by atoms with Crippen LogP contribution in [0, 0.1) is 13.8 Å². The monoisotopic (exact) mass is 431 g/mol. The van der Waals surface area contributed by atoms with Crippen LogP contribution in [0.2, 0.25) is 0 Å². The molecule has 2 aliphatic heterocycles. The Morgan fingerprint density at radius 3 is 2.63 bits per heavy atom. The molecule has 0 bridgehead atoms. The van der Waals surface area contributed by atoms with Crippen LogP contribution in [-0.2, 0) is 16.6 Å². The SMILES string of the molecule is Cc1noc(C)c1-c1ccc2nc(N3CCCN(S(C)(=O)=O)CC3)n3c2c1OCC3. The molecule has 0 atom stereocenters. The van der Waals surface area contributed by atoms with Crippen LogP contribution in [0.3, 0.4) is 0 Å². The van der Waals surface area contributed by atoms with Gasteiger partial charge < -0.3 is 18.7 Å². The van der Waals surface area contributed by atoms with Crippen LogP contribution in [-0.4, -0.2) is 66.5 Å². The molecule has 2 aliphatic rings. The largest absolute Gasteiger partial charge is 0.489 e.